The number of nitrogens with zero attached hydrogens (tertiary/aromatic N) is 1. The van der Waals surface area contributed by atoms with Crippen molar-refractivity contribution in [2.45, 2.75) is 46.7 Å². The highest BCUT2D eigenvalue weighted by Crippen LogP contribution is 2.42. The molecule has 3 heterocycles. The number of benzene rings is 2. The van der Waals surface area contributed by atoms with Crippen LogP contribution in [-0.2, 0) is 6.54 Å². The van der Waals surface area contributed by atoms with Crippen LogP contribution < -0.4 is 14.9 Å². The molecule has 1 unspecified atom stereocenters. The summed E-state index contributed by atoms with van der Waals surface area (Å²) in [4.78, 5) is 29.1. The van der Waals surface area contributed by atoms with Crippen LogP contribution in [-0.4, -0.2) is 24.0 Å². The number of ether oxygens (including phenoxy) is 2. The van der Waals surface area contributed by atoms with Crippen LogP contribution in [0.4, 0.5) is 0 Å². The van der Waals surface area contributed by atoms with E-state index in [1.807, 2.05) is 58.0 Å². The number of carbonyl (C=O) groups excluding carboxylic acids is 1. The molecule has 0 spiro atoms. The van der Waals surface area contributed by atoms with Crippen LogP contribution in [0.1, 0.15) is 64.9 Å². The third-order valence-electron chi connectivity index (χ3n) is 6.53. The van der Waals surface area contributed by atoms with E-state index < -0.39 is 6.04 Å². The smallest absolute Gasteiger partial charge is 0.291 e. The minimum Gasteiger partial charge on any atom is -0.490 e. The van der Waals surface area contributed by atoms with Gasteiger partial charge in [0.25, 0.3) is 5.91 Å². The fourth-order valence-electron chi connectivity index (χ4n) is 4.65. The van der Waals surface area contributed by atoms with Crippen LogP contribution in [0.15, 0.2) is 62.4 Å². The van der Waals surface area contributed by atoms with Crippen LogP contribution in [0.25, 0.3) is 11.0 Å². The first-order valence-electron chi connectivity index (χ1n) is 12.2. The fraction of sp³-hybridized carbons (Fsp3) is 0.310. The van der Waals surface area contributed by atoms with Gasteiger partial charge in [0.05, 0.1) is 43.0 Å². The lowest BCUT2D eigenvalue weighted by Gasteiger charge is -2.25. The summed E-state index contributed by atoms with van der Waals surface area (Å²) in [5.74, 6) is 1.52. The van der Waals surface area contributed by atoms with Crippen molar-refractivity contribution in [2.75, 3.05) is 13.2 Å². The highest BCUT2D eigenvalue weighted by molar-refractivity contribution is 5.99. The monoisotopic (exact) mass is 487 g/mol. The average Bonchev–Trinajstić information content (AvgIpc) is 3.47. The highest BCUT2D eigenvalue weighted by atomic mass is 16.5. The van der Waals surface area contributed by atoms with Crippen molar-refractivity contribution in [3.8, 4) is 11.5 Å². The molecule has 2 aromatic carbocycles. The molecule has 186 valence electrons. The molecular formula is C29H29NO6. The summed E-state index contributed by atoms with van der Waals surface area (Å²) in [6.07, 6.45) is 2.43. The largest absolute Gasteiger partial charge is 0.490 e. The molecule has 0 fully saturated rings. The molecule has 1 aliphatic rings. The molecule has 0 N–H and O–H groups in total. The predicted molar refractivity (Wildman–Crippen MR) is 136 cm³/mol. The van der Waals surface area contributed by atoms with E-state index in [2.05, 4.69) is 0 Å². The first kappa shape index (κ1) is 23.7. The Hall–Kier alpha value is -4.00. The summed E-state index contributed by atoms with van der Waals surface area (Å²) in [7, 11) is 0. The third kappa shape index (κ3) is 4.04. The normalized spacial score (nSPS) is 14.9. The van der Waals surface area contributed by atoms with E-state index in [-0.39, 0.29) is 23.6 Å². The van der Waals surface area contributed by atoms with E-state index in [4.69, 9.17) is 18.3 Å². The molecule has 1 aliphatic heterocycles. The summed E-state index contributed by atoms with van der Waals surface area (Å²) in [6, 6.07) is 12.1. The second-order valence-electron chi connectivity index (χ2n) is 9.01. The zero-order valence-electron chi connectivity index (χ0n) is 20.9. The standard InChI is InChI=1S/C29H29NO6/c1-5-11-35-22-10-9-19(15-24(22)33-6-2)26-25-27(31)21-13-17(3)18(4)14-23(21)36-28(25)29(32)30(26)16-20-8-7-12-34-20/h7-10,12-15,26H,5-6,11,16H2,1-4H3. The van der Waals surface area contributed by atoms with Crippen molar-refractivity contribution in [3.05, 3.63) is 92.7 Å². The van der Waals surface area contributed by atoms with Crippen LogP contribution in [0.5, 0.6) is 11.5 Å². The van der Waals surface area contributed by atoms with Crippen molar-refractivity contribution in [3.63, 3.8) is 0 Å². The van der Waals surface area contributed by atoms with Gasteiger partial charge in [-0.1, -0.05) is 13.0 Å². The summed E-state index contributed by atoms with van der Waals surface area (Å²) in [6.45, 7) is 9.04. The summed E-state index contributed by atoms with van der Waals surface area (Å²) in [5.41, 5.74) is 3.23. The topological polar surface area (TPSA) is 82.1 Å². The Balaban J connectivity index is 1.71. The lowest BCUT2D eigenvalue weighted by atomic mass is 9.97. The SMILES string of the molecule is CCCOc1ccc(C2c3c(oc4cc(C)c(C)cc4c3=O)C(=O)N2Cc2ccco2)cc1OCC. The van der Waals surface area contributed by atoms with Crippen LogP contribution in [0.2, 0.25) is 0 Å². The summed E-state index contributed by atoms with van der Waals surface area (Å²) >= 11 is 0. The fourth-order valence-corrected chi connectivity index (χ4v) is 4.65. The van der Waals surface area contributed by atoms with Crippen molar-refractivity contribution in [2.24, 2.45) is 0 Å². The van der Waals surface area contributed by atoms with E-state index in [0.29, 0.717) is 47.0 Å². The first-order chi connectivity index (χ1) is 17.4. The Bertz CT molecular complexity index is 1480. The molecule has 36 heavy (non-hydrogen) atoms. The van der Waals surface area contributed by atoms with Gasteiger partial charge < -0.3 is 23.2 Å². The maximum atomic E-state index is 13.9. The third-order valence-corrected chi connectivity index (χ3v) is 6.53. The molecule has 2 aromatic heterocycles. The maximum absolute atomic E-state index is 13.9. The molecule has 0 bridgehead atoms. The van der Waals surface area contributed by atoms with Gasteiger partial charge in [0, 0.05) is 0 Å². The molecule has 1 atom stereocenters. The number of amides is 1. The zero-order chi connectivity index (χ0) is 25.4. The average molecular weight is 488 g/mol. The highest BCUT2D eigenvalue weighted by Gasteiger charge is 2.43. The number of carbonyl (C=O) groups is 1. The number of aryl methyl sites for hydroxylation is 2. The number of rotatable bonds is 8. The van der Waals surface area contributed by atoms with E-state index in [9.17, 15) is 9.59 Å². The molecule has 7 nitrogen and oxygen atoms in total. The van der Waals surface area contributed by atoms with Gasteiger partial charge in [-0.3, -0.25) is 9.59 Å². The van der Waals surface area contributed by atoms with E-state index in [1.165, 1.54) is 0 Å². The first-order valence-corrected chi connectivity index (χ1v) is 12.2. The molecule has 0 saturated heterocycles. The number of hydrogen-bond donors (Lipinski definition) is 0. The molecule has 7 heteroatoms. The molecular weight excluding hydrogens is 458 g/mol. The summed E-state index contributed by atoms with van der Waals surface area (Å²) < 4.78 is 23.4. The van der Waals surface area contributed by atoms with Crippen LogP contribution >= 0.6 is 0 Å². The van der Waals surface area contributed by atoms with Gasteiger partial charge in [0.2, 0.25) is 5.76 Å². The number of furan rings is 1. The van der Waals surface area contributed by atoms with Gasteiger partial charge in [0.15, 0.2) is 16.9 Å². The lowest BCUT2D eigenvalue weighted by molar-refractivity contribution is 0.0701. The Morgan fingerprint density at radius 2 is 1.78 bits per heavy atom. The second kappa shape index (κ2) is 9.57. The quantitative estimate of drug-likeness (QED) is 0.306. The van der Waals surface area contributed by atoms with Gasteiger partial charge in [0.1, 0.15) is 11.3 Å². The van der Waals surface area contributed by atoms with Gasteiger partial charge in [-0.15, -0.1) is 0 Å². The number of fused-ring (bicyclic) bond motifs is 2. The Labute approximate surface area is 209 Å². The van der Waals surface area contributed by atoms with Crippen molar-refractivity contribution >= 4 is 16.9 Å². The zero-order valence-corrected chi connectivity index (χ0v) is 20.9. The van der Waals surface area contributed by atoms with Gasteiger partial charge in [-0.05, 0) is 80.3 Å². The Morgan fingerprint density at radius 1 is 0.972 bits per heavy atom. The van der Waals surface area contributed by atoms with Crippen LogP contribution in [0.3, 0.4) is 0 Å². The maximum Gasteiger partial charge on any atom is 0.291 e. The Kier molecular flexibility index (Phi) is 6.31. The van der Waals surface area contributed by atoms with E-state index in [1.54, 1.807) is 23.3 Å². The molecule has 5 rings (SSSR count). The van der Waals surface area contributed by atoms with E-state index in [0.717, 1.165) is 23.1 Å². The second-order valence-corrected chi connectivity index (χ2v) is 9.01. The number of hydrogen-bond acceptors (Lipinski definition) is 6. The van der Waals surface area contributed by atoms with Crippen molar-refractivity contribution in [1.82, 2.24) is 4.90 Å². The molecule has 0 aliphatic carbocycles. The molecule has 1 amide bonds. The van der Waals surface area contributed by atoms with Crippen molar-refractivity contribution in [1.29, 1.82) is 0 Å². The minimum atomic E-state index is -0.667. The van der Waals surface area contributed by atoms with Crippen molar-refractivity contribution < 1.29 is 23.1 Å². The Morgan fingerprint density at radius 3 is 2.50 bits per heavy atom. The minimum absolute atomic E-state index is 0.0663. The lowest BCUT2D eigenvalue weighted by Crippen LogP contribution is -2.29. The predicted octanol–water partition coefficient (Wildman–Crippen LogP) is 5.94. The summed E-state index contributed by atoms with van der Waals surface area (Å²) in [5, 5.41) is 0.461. The molecule has 0 radical (unpaired) electrons. The molecule has 0 saturated carbocycles. The van der Waals surface area contributed by atoms with Crippen LogP contribution in [0, 0.1) is 13.8 Å². The molecule has 4 aromatic rings. The van der Waals surface area contributed by atoms with Gasteiger partial charge >= 0.3 is 0 Å². The van der Waals surface area contributed by atoms with Gasteiger partial charge in [-0.2, -0.15) is 0 Å². The van der Waals surface area contributed by atoms with E-state index >= 15 is 0 Å². The van der Waals surface area contributed by atoms with Gasteiger partial charge in [-0.25, -0.2) is 0 Å².